The van der Waals surface area contributed by atoms with Crippen LogP contribution in [-0.2, 0) is 6.54 Å². The van der Waals surface area contributed by atoms with Gasteiger partial charge in [0.05, 0.1) is 7.11 Å². The molecule has 1 saturated heterocycles. The molecule has 1 fully saturated rings. The van der Waals surface area contributed by atoms with E-state index in [1.54, 1.807) is 26.3 Å². The maximum Gasteiger partial charge on any atom is 0.191 e. The molecule has 25 heavy (non-hydrogen) atoms. The van der Waals surface area contributed by atoms with Gasteiger partial charge in [0, 0.05) is 44.8 Å². The van der Waals surface area contributed by atoms with Crippen LogP contribution >= 0.6 is 0 Å². The highest BCUT2D eigenvalue weighted by Crippen LogP contribution is 2.22. The zero-order valence-corrected chi connectivity index (χ0v) is 15.9. The molecule has 0 amide bonds. The lowest BCUT2D eigenvalue weighted by atomic mass is 10.0. The van der Waals surface area contributed by atoms with E-state index in [0.29, 0.717) is 12.6 Å². The molecule has 0 unspecified atom stereocenters. The van der Waals surface area contributed by atoms with Crippen molar-refractivity contribution in [3.05, 3.63) is 23.8 Å². The lowest BCUT2D eigenvalue weighted by Gasteiger charge is -2.34. The number of ether oxygens (including phenoxy) is 1. The molecule has 1 aliphatic heterocycles. The largest absolute Gasteiger partial charge is 0.508 e. The quantitative estimate of drug-likeness (QED) is 0.543. The standard InChI is InChI=1S/C19H32N4O2/c1-14(2)13-23-9-7-16(8-10-23)22-19(20-3)21-12-15-11-17(25-4)5-6-18(15)24/h5-6,11,14,16,24H,7-10,12-13H2,1-4H3,(H2,20,21,22). The van der Waals surface area contributed by atoms with Crippen molar-refractivity contribution in [2.45, 2.75) is 39.3 Å². The van der Waals surface area contributed by atoms with Crippen LogP contribution in [0.2, 0.25) is 0 Å². The molecule has 0 aliphatic carbocycles. The summed E-state index contributed by atoms with van der Waals surface area (Å²) in [5, 5.41) is 16.8. The van der Waals surface area contributed by atoms with Crippen molar-refractivity contribution in [3.8, 4) is 11.5 Å². The molecule has 1 aromatic rings. The van der Waals surface area contributed by atoms with Crippen molar-refractivity contribution < 1.29 is 9.84 Å². The number of phenolic OH excluding ortho intramolecular Hbond substituents is 1. The molecular formula is C19H32N4O2. The summed E-state index contributed by atoms with van der Waals surface area (Å²) in [6.07, 6.45) is 2.25. The van der Waals surface area contributed by atoms with Crippen molar-refractivity contribution in [3.63, 3.8) is 0 Å². The number of piperidine rings is 1. The average Bonchev–Trinajstić information content (AvgIpc) is 2.60. The SMILES string of the molecule is CN=C(NCc1cc(OC)ccc1O)NC1CCN(CC(C)C)CC1. The van der Waals surface area contributed by atoms with E-state index in [1.165, 1.54) is 6.54 Å². The Morgan fingerprint density at radius 2 is 2.08 bits per heavy atom. The number of nitrogens with one attached hydrogen (secondary N) is 2. The summed E-state index contributed by atoms with van der Waals surface area (Å²) in [4.78, 5) is 6.84. The molecule has 0 radical (unpaired) electrons. The molecule has 0 bridgehead atoms. The van der Waals surface area contributed by atoms with Gasteiger partial charge in [0.15, 0.2) is 5.96 Å². The molecule has 1 heterocycles. The van der Waals surface area contributed by atoms with E-state index in [0.717, 1.165) is 49.1 Å². The van der Waals surface area contributed by atoms with Crippen LogP contribution in [0.25, 0.3) is 0 Å². The topological polar surface area (TPSA) is 69.1 Å². The minimum atomic E-state index is 0.255. The molecule has 0 aromatic heterocycles. The first-order valence-corrected chi connectivity index (χ1v) is 9.07. The second kappa shape index (κ2) is 9.51. The van der Waals surface area contributed by atoms with Gasteiger partial charge in [0.2, 0.25) is 0 Å². The smallest absolute Gasteiger partial charge is 0.191 e. The molecule has 3 N–H and O–H groups in total. The Kier molecular flexibility index (Phi) is 7.37. The normalized spacial score (nSPS) is 16.9. The van der Waals surface area contributed by atoms with E-state index in [4.69, 9.17) is 4.74 Å². The predicted octanol–water partition coefficient (Wildman–Crippen LogP) is 2.19. The highest BCUT2D eigenvalue weighted by Gasteiger charge is 2.20. The van der Waals surface area contributed by atoms with Crippen LogP contribution in [-0.4, -0.2) is 55.8 Å². The predicted molar refractivity (Wildman–Crippen MR) is 102 cm³/mol. The molecular weight excluding hydrogens is 316 g/mol. The summed E-state index contributed by atoms with van der Waals surface area (Å²) < 4.78 is 5.21. The third-order valence-corrected chi connectivity index (χ3v) is 4.51. The van der Waals surface area contributed by atoms with Gasteiger partial charge in [-0.1, -0.05) is 13.8 Å². The minimum Gasteiger partial charge on any atom is -0.508 e. The molecule has 0 saturated carbocycles. The first-order valence-electron chi connectivity index (χ1n) is 9.07. The number of hydrogen-bond donors (Lipinski definition) is 3. The monoisotopic (exact) mass is 348 g/mol. The number of benzene rings is 1. The van der Waals surface area contributed by atoms with E-state index in [9.17, 15) is 5.11 Å². The van der Waals surface area contributed by atoms with E-state index >= 15 is 0 Å². The number of methoxy groups -OCH3 is 1. The molecule has 140 valence electrons. The lowest BCUT2D eigenvalue weighted by molar-refractivity contribution is 0.187. The number of nitrogens with zero attached hydrogens (tertiary/aromatic N) is 2. The summed E-state index contributed by atoms with van der Waals surface area (Å²) in [6, 6.07) is 5.67. The molecule has 0 atom stereocenters. The van der Waals surface area contributed by atoms with E-state index < -0.39 is 0 Å². The van der Waals surface area contributed by atoms with Gasteiger partial charge in [-0.15, -0.1) is 0 Å². The fourth-order valence-corrected chi connectivity index (χ4v) is 3.17. The highest BCUT2D eigenvalue weighted by molar-refractivity contribution is 5.80. The van der Waals surface area contributed by atoms with Crippen molar-refractivity contribution in [1.82, 2.24) is 15.5 Å². The van der Waals surface area contributed by atoms with Gasteiger partial charge >= 0.3 is 0 Å². The molecule has 6 nitrogen and oxygen atoms in total. The van der Waals surface area contributed by atoms with Crippen molar-refractivity contribution in [2.24, 2.45) is 10.9 Å². The second-order valence-corrected chi connectivity index (χ2v) is 7.03. The third kappa shape index (κ3) is 6.12. The van der Waals surface area contributed by atoms with Crippen LogP contribution in [0.4, 0.5) is 0 Å². The highest BCUT2D eigenvalue weighted by atomic mass is 16.5. The molecule has 0 spiro atoms. The average molecular weight is 348 g/mol. The number of aliphatic imine (C=N–C) groups is 1. The lowest BCUT2D eigenvalue weighted by Crippen LogP contribution is -2.48. The van der Waals surface area contributed by atoms with Gasteiger partial charge in [-0.25, -0.2) is 0 Å². The van der Waals surface area contributed by atoms with Gasteiger partial charge in [-0.05, 0) is 37.0 Å². The fourth-order valence-electron chi connectivity index (χ4n) is 3.17. The van der Waals surface area contributed by atoms with E-state index in [1.807, 2.05) is 6.07 Å². The van der Waals surface area contributed by atoms with Crippen LogP contribution in [0, 0.1) is 5.92 Å². The van der Waals surface area contributed by atoms with Crippen LogP contribution in [0.15, 0.2) is 23.2 Å². The number of aromatic hydroxyl groups is 1. The first-order chi connectivity index (χ1) is 12.0. The summed E-state index contributed by atoms with van der Waals surface area (Å²) in [5.74, 6) is 2.47. The summed E-state index contributed by atoms with van der Waals surface area (Å²) in [5.41, 5.74) is 0.786. The molecule has 1 aromatic carbocycles. The van der Waals surface area contributed by atoms with Crippen molar-refractivity contribution in [2.75, 3.05) is 33.8 Å². The Morgan fingerprint density at radius 1 is 1.36 bits per heavy atom. The van der Waals surface area contributed by atoms with Crippen LogP contribution < -0.4 is 15.4 Å². The Morgan fingerprint density at radius 3 is 2.68 bits per heavy atom. The summed E-state index contributed by atoms with van der Waals surface area (Å²) in [6.45, 7) is 8.46. The van der Waals surface area contributed by atoms with Gasteiger partial charge in [0.1, 0.15) is 11.5 Å². The Hall–Kier alpha value is -1.95. The zero-order chi connectivity index (χ0) is 18.2. The summed E-state index contributed by atoms with van der Waals surface area (Å²) in [7, 11) is 3.39. The third-order valence-electron chi connectivity index (χ3n) is 4.51. The van der Waals surface area contributed by atoms with Gasteiger partial charge < -0.3 is 25.4 Å². The summed E-state index contributed by atoms with van der Waals surface area (Å²) >= 11 is 0. The second-order valence-electron chi connectivity index (χ2n) is 7.03. The molecule has 2 rings (SSSR count). The van der Waals surface area contributed by atoms with E-state index in [2.05, 4.69) is 34.4 Å². The first kappa shape index (κ1) is 19.4. The van der Waals surface area contributed by atoms with E-state index in [-0.39, 0.29) is 5.75 Å². The van der Waals surface area contributed by atoms with Crippen LogP contribution in [0.5, 0.6) is 11.5 Å². The van der Waals surface area contributed by atoms with Gasteiger partial charge in [-0.2, -0.15) is 0 Å². The Balaban J connectivity index is 1.82. The van der Waals surface area contributed by atoms with Crippen LogP contribution in [0.3, 0.4) is 0 Å². The number of guanidine groups is 1. The fraction of sp³-hybridized carbons (Fsp3) is 0.632. The van der Waals surface area contributed by atoms with Crippen LogP contribution in [0.1, 0.15) is 32.3 Å². The number of likely N-dealkylation sites (tertiary alicyclic amines) is 1. The van der Waals surface area contributed by atoms with Crippen molar-refractivity contribution in [1.29, 1.82) is 0 Å². The van der Waals surface area contributed by atoms with Gasteiger partial charge in [-0.3, -0.25) is 4.99 Å². The minimum absolute atomic E-state index is 0.255. The maximum atomic E-state index is 9.98. The Labute approximate surface area is 151 Å². The molecule has 6 heteroatoms. The number of hydrogen-bond acceptors (Lipinski definition) is 4. The van der Waals surface area contributed by atoms with Gasteiger partial charge in [0.25, 0.3) is 0 Å². The van der Waals surface area contributed by atoms with Crippen molar-refractivity contribution >= 4 is 5.96 Å². The maximum absolute atomic E-state index is 9.98. The molecule has 1 aliphatic rings. The Bertz CT molecular complexity index is 567. The number of rotatable bonds is 6. The zero-order valence-electron chi connectivity index (χ0n) is 15.9. The number of phenols is 1.